The number of carbonyl (C=O) groups is 1. The van der Waals surface area contributed by atoms with Gasteiger partial charge in [-0.05, 0) is 38.9 Å². The molecular weight excluding hydrogens is 230 g/mol. The van der Waals surface area contributed by atoms with Gasteiger partial charge in [-0.25, -0.2) is 0 Å². The summed E-state index contributed by atoms with van der Waals surface area (Å²) in [5.74, 6) is -0.122. The number of hydrogen-bond donors (Lipinski definition) is 1. The second kappa shape index (κ2) is 5.87. The van der Waals surface area contributed by atoms with E-state index in [1.807, 2.05) is 36.1 Å². The molecule has 0 saturated carbocycles. The van der Waals surface area contributed by atoms with Crippen LogP contribution in [0.1, 0.15) is 31.4 Å². The van der Waals surface area contributed by atoms with Crippen LogP contribution in [0.15, 0.2) is 24.3 Å². The maximum absolute atomic E-state index is 11.5. The molecule has 1 unspecified atom stereocenters. The second-order valence-electron chi connectivity index (χ2n) is 4.45. The van der Waals surface area contributed by atoms with Crippen LogP contribution in [0.3, 0.4) is 0 Å². The number of para-hydroxylation sites is 1. The predicted molar refractivity (Wildman–Crippen MR) is 68.8 cm³/mol. The van der Waals surface area contributed by atoms with E-state index in [4.69, 9.17) is 4.74 Å². The zero-order chi connectivity index (χ0) is 13.0. The van der Waals surface area contributed by atoms with Gasteiger partial charge in [0.15, 0.2) is 0 Å². The summed E-state index contributed by atoms with van der Waals surface area (Å²) in [5.41, 5.74) is 0.758. The summed E-state index contributed by atoms with van der Waals surface area (Å²) in [6.45, 7) is 4.14. The van der Waals surface area contributed by atoms with E-state index >= 15 is 0 Å². The number of aliphatic carboxylic acids is 1. The summed E-state index contributed by atoms with van der Waals surface area (Å²) in [6.07, 6.45) is 2.14. The summed E-state index contributed by atoms with van der Waals surface area (Å²) in [4.78, 5) is 13.6. The van der Waals surface area contributed by atoms with Crippen LogP contribution in [0.4, 0.5) is 0 Å². The van der Waals surface area contributed by atoms with E-state index in [0.717, 1.165) is 31.5 Å². The lowest BCUT2D eigenvalue weighted by Gasteiger charge is -2.25. The van der Waals surface area contributed by atoms with E-state index in [-0.39, 0.29) is 0 Å². The molecule has 0 aromatic heterocycles. The van der Waals surface area contributed by atoms with Crippen molar-refractivity contribution in [2.45, 2.75) is 25.8 Å². The standard InChI is InChI=1S/C14H19NO3/c1-2-18-12-8-4-3-7-11(12)13(14(16)17)15-9-5-6-10-15/h3-4,7-8,13H,2,5-6,9-10H2,1H3,(H,16,17). The van der Waals surface area contributed by atoms with Crippen molar-refractivity contribution in [2.75, 3.05) is 19.7 Å². The lowest BCUT2D eigenvalue weighted by Crippen LogP contribution is -2.32. The molecule has 4 heteroatoms. The molecule has 98 valence electrons. The molecular formula is C14H19NO3. The van der Waals surface area contributed by atoms with Crippen LogP contribution in [0.25, 0.3) is 0 Å². The first-order valence-corrected chi connectivity index (χ1v) is 6.42. The smallest absolute Gasteiger partial charge is 0.325 e. The highest BCUT2D eigenvalue weighted by molar-refractivity contribution is 5.76. The Kier molecular flexibility index (Phi) is 4.20. The lowest BCUT2D eigenvalue weighted by molar-refractivity contribution is -0.143. The monoisotopic (exact) mass is 249 g/mol. The molecule has 4 nitrogen and oxygen atoms in total. The van der Waals surface area contributed by atoms with Gasteiger partial charge in [-0.1, -0.05) is 18.2 Å². The van der Waals surface area contributed by atoms with Crippen LogP contribution in [0, 0.1) is 0 Å². The maximum Gasteiger partial charge on any atom is 0.325 e. The highest BCUT2D eigenvalue weighted by Crippen LogP contribution is 2.31. The van der Waals surface area contributed by atoms with Crippen molar-refractivity contribution in [1.82, 2.24) is 4.90 Å². The number of carboxylic acid groups (broad SMARTS) is 1. The molecule has 0 spiro atoms. The van der Waals surface area contributed by atoms with Gasteiger partial charge in [-0.15, -0.1) is 0 Å². The van der Waals surface area contributed by atoms with Crippen molar-refractivity contribution in [3.8, 4) is 5.75 Å². The second-order valence-corrected chi connectivity index (χ2v) is 4.45. The zero-order valence-electron chi connectivity index (χ0n) is 10.6. The predicted octanol–water partition coefficient (Wildman–Crippen LogP) is 2.31. The van der Waals surface area contributed by atoms with Gasteiger partial charge >= 0.3 is 5.97 Å². The van der Waals surface area contributed by atoms with Gasteiger partial charge in [0, 0.05) is 5.56 Å². The molecule has 1 saturated heterocycles. The summed E-state index contributed by atoms with van der Waals surface area (Å²) < 4.78 is 5.54. The quantitative estimate of drug-likeness (QED) is 0.870. The van der Waals surface area contributed by atoms with Gasteiger partial charge in [-0.3, -0.25) is 9.69 Å². The van der Waals surface area contributed by atoms with Crippen LogP contribution in [-0.2, 0) is 4.79 Å². The number of carboxylic acids is 1. The summed E-state index contributed by atoms with van der Waals surface area (Å²) in [5, 5.41) is 9.48. The number of likely N-dealkylation sites (tertiary alicyclic amines) is 1. The first-order valence-electron chi connectivity index (χ1n) is 6.42. The molecule has 1 atom stereocenters. The van der Waals surface area contributed by atoms with Gasteiger partial charge in [-0.2, -0.15) is 0 Å². The minimum Gasteiger partial charge on any atom is -0.494 e. The third kappa shape index (κ3) is 2.64. The SMILES string of the molecule is CCOc1ccccc1C(C(=O)O)N1CCCC1. The number of rotatable bonds is 5. The Morgan fingerprint density at radius 3 is 2.67 bits per heavy atom. The molecule has 0 bridgehead atoms. The largest absolute Gasteiger partial charge is 0.494 e. The van der Waals surface area contributed by atoms with E-state index in [1.165, 1.54) is 0 Å². The van der Waals surface area contributed by atoms with E-state index in [9.17, 15) is 9.90 Å². The van der Waals surface area contributed by atoms with E-state index < -0.39 is 12.0 Å². The Labute approximate surface area is 107 Å². The van der Waals surface area contributed by atoms with Crippen molar-refractivity contribution >= 4 is 5.97 Å². The van der Waals surface area contributed by atoms with E-state index in [2.05, 4.69) is 0 Å². The van der Waals surface area contributed by atoms with E-state index in [0.29, 0.717) is 12.4 Å². The molecule has 1 N–H and O–H groups in total. The van der Waals surface area contributed by atoms with Crippen molar-refractivity contribution in [2.24, 2.45) is 0 Å². The molecule has 0 aliphatic carbocycles. The summed E-state index contributed by atoms with van der Waals surface area (Å²) in [6, 6.07) is 6.84. The van der Waals surface area contributed by atoms with E-state index in [1.54, 1.807) is 0 Å². The Morgan fingerprint density at radius 1 is 1.39 bits per heavy atom. The minimum atomic E-state index is -0.802. The highest BCUT2D eigenvalue weighted by atomic mass is 16.5. The van der Waals surface area contributed by atoms with Crippen molar-refractivity contribution in [3.63, 3.8) is 0 Å². The number of nitrogens with zero attached hydrogens (tertiary/aromatic N) is 1. The molecule has 18 heavy (non-hydrogen) atoms. The first-order chi connectivity index (χ1) is 8.74. The van der Waals surface area contributed by atoms with Crippen LogP contribution in [0.2, 0.25) is 0 Å². The fourth-order valence-electron chi connectivity index (χ4n) is 2.48. The van der Waals surface area contributed by atoms with Crippen molar-refractivity contribution in [1.29, 1.82) is 0 Å². The molecule has 1 aromatic carbocycles. The van der Waals surface area contributed by atoms with Crippen LogP contribution in [-0.4, -0.2) is 35.7 Å². The topological polar surface area (TPSA) is 49.8 Å². The Balaban J connectivity index is 2.32. The lowest BCUT2D eigenvalue weighted by atomic mass is 10.0. The Morgan fingerprint density at radius 2 is 2.06 bits per heavy atom. The highest BCUT2D eigenvalue weighted by Gasteiger charge is 2.31. The number of benzene rings is 1. The molecule has 1 aliphatic heterocycles. The molecule has 0 amide bonds. The molecule has 2 rings (SSSR count). The van der Waals surface area contributed by atoms with Gasteiger partial charge in [0.2, 0.25) is 0 Å². The van der Waals surface area contributed by atoms with Gasteiger partial charge in [0.1, 0.15) is 11.8 Å². The number of hydrogen-bond acceptors (Lipinski definition) is 3. The average Bonchev–Trinajstić information content (AvgIpc) is 2.85. The summed E-state index contributed by atoms with van der Waals surface area (Å²) in [7, 11) is 0. The third-order valence-electron chi connectivity index (χ3n) is 3.25. The Hall–Kier alpha value is -1.55. The normalized spacial score (nSPS) is 17.6. The number of ether oxygens (including phenoxy) is 1. The van der Waals surface area contributed by atoms with Crippen molar-refractivity contribution < 1.29 is 14.6 Å². The van der Waals surface area contributed by atoms with Crippen LogP contribution in [0.5, 0.6) is 5.75 Å². The molecule has 1 aromatic rings. The van der Waals surface area contributed by atoms with Crippen molar-refractivity contribution in [3.05, 3.63) is 29.8 Å². The minimum absolute atomic E-state index is 0.545. The fraction of sp³-hybridized carbons (Fsp3) is 0.500. The molecule has 1 heterocycles. The zero-order valence-corrected chi connectivity index (χ0v) is 10.6. The molecule has 0 radical (unpaired) electrons. The molecule has 1 fully saturated rings. The fourth-order valence-corrected chi connectivity index (χ4v) is 2.48. The first kappa shape index (κ1) is 12.9. The van der Waals surface area contributed by atoms with Gasteiger partial charge in [0.25, 0.3) is 0 Å². The maximum atomic E-state index is 11.5. The third-order valence-corrected chi connectivity index (χ3v) is 3.25. The average molecular weight is 249 g/mol. The summed E-state index contributed by atoms with van der Waals surface area (Å²) >= 11 is 0. The van der Waals surface area contributed by atoms with Gasteiger partial charge < -0.3 is 9.84 Å². The van der Waals surface area contributed by atoms with Crippen LogP contribution < -0.4 is 4.74 Å². The Bertz CT molecular complexity index is 413. The molecule has 1 aliphatic rings. The van der Waals surface area contributed by atoms with Gasteiger partial charge in [0.05, 0.1) is 6.61 Å². The van der Waals surface area contributed by atoms with Crippen LogP contribution >= 0.6 is 0 Å².